The molecule has 1 saturated heterocycles. The van der Waals surface area contributed by atoms with Gasteiger partial charge in [-0.2, -0.15) is 0 Å². The Hall–Kier alpha value is -0.00519. The van der Waals surface area contributed by atoms with Crippen molar-refractivity contribution in [2.45, 2.75) is 0 Å². The second-order valence-electron chi connectivity index (χ2n) is 1.55. The summed E-state index contributed by atoms with van der Waals surface area (Å²) >= 11 is 0. The van der Waals surface area contributed by atoms with Gasteiger partial charge in [0.2, 0.25) is 0 Å². The molecule has 0 aliphatic carbocycles. The monoisotopic (exact) mass is 143 g/mol. The van der Waals surface area contributed by atoms with Gasteiger partial charge in [0.25, 0.3) is 0 Å². The zero-order valence-electron chi connectivity index (χ0n) is 5.77. The maximum absolute atomic E-state index is 4.86. The van der Waals surface area contributed by atoms with E-state index in [0.717, 1.165) is 7.69 Å². The zero-order chi connectivity index (χ0) is 7.40. The highest BCUT2D eigenvalue weighted by atomic mass is 16.8. The molecule has 0 bridgehead atoms. The molecule has 1 aliphatic rings. The van der Waals surface area contributed by atoms with Crippen LogP contribution < -0.4 is 0 Å². The number of hydrogen-bond donors (Lipinski definition) is 0. The largest absolute Gasteiger partial charge is 0.612 e. The van der Waals surface area contributed by atoms with Crippen molar-refractivity contribution in [2.75, 3.05) is 14.2 Å². The Bertz CT molecular complexity index is 90.9. The fourth-order valence-corrected chi connectivity index (χ4v) is 0.500. The third-order valence-electron chi connectivity index (χ3n) is 0.940. The van der Waals surface area contributed by atoms with Crippen LogP contribution in [0.1, 0.15) is 0 Å². The predicted octanol–water partition coefficient (Wildman–Crippen LogP) is -1.15. The fraction of sp³-hybridized carbons (Fsp3) is 1.00. The van der Waals surface area contributed by atoms with Crippen LogP contribution in [0.5, 0.6) is 0 Å². The van der Waals surface area contributed by atoms with E-state index in [9.17, 15) is 0 Å². The van der Waals surface area contributed by atoms with Gasteiger partial charge in [-0.1, -0.05) is 0 Å². The highest BCUT2D eigenvalue weighted by molar-refractivity contribution is 6.62. The van der Waals surface area contributed by atoms with Gasteiger partial charge in [0.1, 0.15) is 0 Å². The zero-order valence-corrected chi connectivity index (χ0v) is 5.77. The minimum atomic E-state index is -0.737. The van der Waals surface area contributed by atoms with E-state index in [4.69, 9.17) is 4.57 Å². The van der Waals surface area contributed by atoms with E-state index in [0.29, 0.717) is 0 Å². The lowest BCUT2D eigenvalue weighted by molar-refractivity contribution is 0.144. The number of rotatable bonds is 2. The van der Waals surface area contributed by atoms with E-state index in [2.05, 4.69) is 18.5 Å². The first kappa shape index (κ1) is 8.09. The van der Waals surface area contributed by atoms with Crippen molar-refractivity contribution < 1.29 is 23.0 Å². The van der Waals surface area contributed by atoms with E-state index >= 15 is 0 Å². The van der Waals surface area contributed by atoms with Gasteiger partial charge < -0.3 is 23.0 Å². The molecule has 1 radical (unpaired) electrons. The molecule has 1 rings (SSSR count). The van der Waals surface area contributed by atoms with E-state index in [1.54, 1.807) is 0 Å². The minimum Gasteiger partial charge on any atom is -0.429 e. The van der Waals surface area contributed by atoms with Gasteiger partial charge in [-0.05, 0) is 0 Å². The van der Waals surface area contributed by atoms with E-state index in [-0.39, 0.29) is 0 Å². The van der Waals surface area contributed by atoms with Crippen molar-refractivity contribution in [3.8, 4) is 0 Å². The van der Waals surface area contributed by atoms with Crippen molar-refractivity contribution in [1.29, 1.82) is 0 Å². The van der Waals surface area contributed by atoms with Crippen LogP contribution in [0.15, 0.2) is 0 Å². The molecule has 0 amide bonds. The number of hydrogen-bond acceptors (Lipinski definition) is 5. The molecular weight excluding hydrogens is 136 g/mol. The summed E-state index contributed by atoms with van der Waals surface area (Å²) in [6.07, 6.45) is 0. The Kier molecular flexibility index (Phi) is 3.23. The lowest BCUT2D eigenvalue weighted by atomic mass is 10.0. The molecule has 10 heavy (non-hydrogen) atoms. The first-order valence-corrected chi connectivity index (χ1v) is 2.70. The summed E-state index contributed by atoms with van der Waals surface area (Å²) in [6.45, 7) is 0. The molecule has 8 heteroatoms. The van der Waals surface area contributed by atoms with Crippen LogP contribution >= 0.6 is 0 Å². The van der Waals surface area contributed by atoms with Crippen LogP contribution in [0.3, 0.4) is 0 Å². The molecule has 0 unspecified atom stereocenters. The van der Waals surface area contributed by atoms with Crippen molar-refractivity contribution in [1.82, 2.24) is 0 Å². The molecule has 0 saturated carbocycles. The Morgan fingerprint density at radius 1 is 1.10 bits per heavy atom. The summed E-state index contributed by atoms with van der Waals surface area (Å²) in [4.78, 5) is 0. The van der Waals surface area contributed by atoms with Crippen LogP contribution in [-0.2, 0) is 23.0 Å². The summed E-state index contributed by atoms with van der Waals surface area (Å²) in [5.74, 6) is 0. The van der Waals surface area contributed by atoms with Crippen molar-refractivity contribution in [3.63, 3.8) is 0 Å². The average molecular weight is 143 g/mol. The molecule has 5 nitrogen and oxygen atoms in total. The van der Waals surface area contributed by atoms with E-state index in [1.807, 2.05) is 0 Å². The standard InChI is InChI=1S/C2H6B3O5/c1-6-4-8-3-9-5(7-2)10-4/h1-2H3. The van der Waals surface area contributed by atoms with Crippen LogP contribution in [-0.4, -0.2) is 36.5 Å². The van der Waals surface area contributed by atoms with Crippen LogP contribution in [0.25, 0.3) is 0 Å². The first-order valence-electron chi connectivity index (χ1n) is 2.70. The van der Waals surface area contributed by atoms with Gasteiger partial charge in [0.05, 0.1) is 0 Å². The van der Waals surface area contributed by atoms with Gasteiger partial charge in [-0.15, -0.1) is 0 Å². The molecule has 53 valence electrons. The van der Waals surface area contributed by atoms with Gasteiger partial charge >= 0.3 is 22.3 Å². The Morgan fingerprint density at radius 2 is 1.60 bits per heavy atom. The van der Waals surface area contributed by atoms with Crippen molar-refractivity contribution in [2.24, 2.45) is 0 Å². The van der Waals surface area contributed by atoms with Crippen LogP contribution in [0, 0.1) is 0 Å². The quantitative estimate of drug-likeness (QED) is 0.456. The van der Waals surface area contributed by atoms with Gasteiger partial charge in [0.15, 0.2) is 0 Å². The minimum absolute atomic E-state index is 0.737. The molecule has 0 aromatic heterocycles. The predicted molar refractivity (Wildman–Crippen MR) is 34.5 cm³/mol. The van der Waals surface area contributed by atoms with Gasteiger partial charge in [-0.3, -0.25) is 0 Å². The molecule has 0 N–H and O–H groups in total. The lowest BCUT2D eigenvalue weighted by Crippen LogP contribution is -2.45. The average Bonchev–Trinajstić information content (AvgIpc) is 2.05. The second kappa shape index (κ2) is 4.00. The molecule has 1 heterocycles. The van der Waals surface area contributed by atoms with E-state index in [1.165, 1.54) is 14.2 Å². The van der Waals surface area contributed by atoms with Crippen molar-refractivity contribution in [3.05, 3.63) is 0 Å². The molecular formula is C2H6B3O5. The van der Waals surface area contributed by atoms with Crippen LogP contribution in [0.2, 0.25) is 0 Å². The maximum Gasteiger partial charge on any atom is 0.612 e. The molecule has 0 spiro atoms. The van der Waals surface area contributed by atoms with Gasteiger partial charge in [0, 0.05) is 14.2 Å². The lowest BCUT2D eigenvalue weighted by Gasteiger charge is -2.20. The summed E-state index contributed by atoms with van der Waals surface area (Å²) in [7, 11) is 2.55. The smallest absolute Gasteiger partial charge is 0.429 e. The molecule has 0 atom stereocenters. The van der Waals surface area contributed by atoms with Gasteiger partial charge in [-0.25, -0.2) is 0 Å². The molecule has 0 aromatic carbocycles. The van der Waals surface area contributed by atoms with Crippen LogP contribution in [0.4, 0.5) is 0 Å². The molecule has 1 aliphatic heterocycles. The summed E-state index contributed by atoms with van der Waals surface area (Å²) in [5.41, 5.74) is 0. The first-order chi connectivity index (χ1) is 4.86. The topological polar surface area (TPSA) is 46.2 Å². The Morgan fingerprint density at radius 3 is 2.00 bits per heavy atom. The van der Waals surface area contributed by atoms with Crippen molar-refractivity contribution >= 4 is 22.3 Å². The Balaban J connectivity index is 2.25. The summed E-state index contributed by atoms with van der Waals surface area (Å²) in [5, 5.41) is 0. The highest BCUT2D eigenvalue weighted by Crippen LogP contribution is 2.01. The summed E-state index contributed by atoms with van der Waals surface area (Å²) in [6, 6.07) is 0. The fourth-order valence-electron chi connectivity index (χ4n) is 0.500. The normalized spacial score (nSPS) is 19.0. The molecule has 1 fully saturated rings. The maximum atomic E-state index is 4.86. The Labute approximate surface area is 60.6 Å². The van der Waals surface area contributed by atoms with E-state index < -0.39 is 14.6 Å². The third-order valence-corrected chi connectivity index (χ3v) is 0.940. The highest BCUT2D eigenvalue weighted by Gasteiger charge is 2.36. The summed E-state index contributed by atoms with van der Waals surface area (Å²) < 4.78 is 23.6. The molecule has 0 aromatic rings. The SMILES string of the molecule is COB1O[B]OB(OC)O1. The third kappa shape index (κ3) is 2.00. The second-order valence-corrected chi connectivity index (χ2v) is 1.55.